The summed E-state index contributed by atoms with van der Waals surface area (Å²) in [5, 5.41) is 3.13. The zero-order valence-electron chi connectivity index (χ0n) is 19.4. The second-order valence-electron chi connectivity index (χ2n) is 9.54. The third kappa shape index (κ3) is 4.92. The third-order valence-electron chi connectivity index (χ3n) is 6.42. The van der Waals surface area contributed by atoms with Crippen LogP contribution in [0.15, 0.2) is 48.9 Å². The van der Waals surface area contributed by atoms with Crippen LogP contribution >= 0.6 is 18.5 Å². The molecule has 5 rings (SSSR count). The molecule has 176 valence electrons. The first-order valence-electron chi connectivity index (χ1n) is 11.4. The quantitative estimate of drug-likeness (QED) is 0.502. The molecule has 2 unspecified atom stereocenters. The predicted octanol–water partition coefficient (Wildman–Crippen LogP) is 4.69. The number of nitrogens with zero attached hydrogens (tertiary/aromatic N) is 4. The topological polar surface area (TPSA) is 80.2 Å². The van der Waals surface area contributed by atoms with E-state index >= 15 is 0 Å². The van der Waals surface area contributed by atoms with E-state index in [0.717, 1.165) is 54.9 Å². The summed E-state index contributed by atoms with van der Waals surface area (Å²) in [5.74, 6) is 0.485. The molecule has 1 saturated heterocycles. The number of hydrogen-bond donors (Lipinski definition) is 1. The van der Waals surface area contributed by atoms with Crippen molar-refractivity contribution >= 4 is 35.9 Å². The third-order valence-corrected chi connectivity index (χ3v) is 7.36. The van der Waals surface area contributed by atoms with Gasteiger partial charge in [-0.15, -0.1) is 18.5 Å². The van der Waals surface area contributed by atoms with Gasteiger partial charge >= 0.3 is 6.01 Å². The van der Waals surface area contributed by atoms with Crippen molar-refractivity contribution in [3.05, 3.63) is 60.0 Å². The number of amides is 1. The zero-order valence-corrected chi connectivity index (χ0v) is 21.7. The first kappa shape index (κ1) is 23.1. The average Bonchev–Trinajstić information content (AvgIpc) is 3.42. The molecule has 1 N–H and O–H groups in total. The minimum Gasteiger partial charge on any atom is -0.457 e. The maximum Gasteiger partial charge on any atom is 0.316 e. The first-order chi connectivity index (χ1) is 16.2. The van der Waals surface area contributed by atoms with E-state index in [0.29, 0.717) is 17.3 Å². The molecule has 0 radical (unpaired) electrons. The molecular formula is C25H29N5O2P2. The standard InChI is InChI=1S/C25H29N5O2P2/c1-16-5-3-4-6-18(16)19-7-11-26-21(30-12-10-25(33,34)15-30)20(19)29-22(31)17-13-27-23(28-14-17)32-24(2)8-9-24/h3-7,11,13-14H,8-10,12,15,33-34H2,1-2H3,(H,29,31). The van der Waals surface area contributed by atoms with Gasteiger partial charge in [0, 0.05) is 42.1 Å². The molecule has 7 nitrogen and oxygen atoms in total. The molecule has 2 atom stereocenters. The van der Waals surface area contributed by atoms with Crippen LogP contribution in [0.5, 0.6) is 6.01 Å². The number of hydrogen-bond acceptors (Lipinski definition) is 6. The molecule has 1 amide bonds. The Labute approximate surface area is 204 Å². The van der Waals surface area contributed by atoms with E-state index in [4.69, 9.17) is 9.72 Å². The second-order valence-corrected chi connectivity index (χ2v) is 12.5. The Morgan fingerprint density at radius 3 is 2.44 bits per heavy atom. The molecule has 1 saturated carbocycles. The largest absolute Gasteiger partial charge is 0.457 e. The highest BCUT2D eigenvalue weighted by molar-refractivity contribution is 7.40. The Hall–Kier alpha value is -2.62. The van der Waals surface area contributed by atoms with Gasteiger partial charge in [-0.05, 0) is 50.3 Å². The lowest BCUT2D eigenvalue weighted by atomic mass is 9.99. The number of aromatic nitrogens is 3. The fraction of sp³-hybridized carbons (Fsp3) is 0.360. The summed E-state index contributed by atoms with van der Waals surface area (Å²) in [7, 11) is 5.83. The number of carbonyl (C=O) groups is 1. The van der Waals surface area contributed by atoms with Crippen LogP contribution in [0, 0.1) is 6.92 Å². The van der Waals surface area contributed by atoms with Crippen molar-refractivity contribution in [1.29, 1.82) is 0 Å². The summed E-state index contributed by atoms with van der Waals surface area (Å²) in [5.41, 5.74) is 4.01. The van der Waals surface area contributed by atoms with Crippen LogP contribution in [0.25, 0.3) is 11.1 Å². The summed E-state index contributed by atoms with van der Waals surface area (Å²) >= 11 is 0. The second kappa shape index (κ2) is 8.87. The van der Waals surface area contributed by atoms with Crippen LogP contribution in [0.3, 0.4) is 0 Å². The molecule has 0 bridgehead atoms. The summed E-state index contributed by atoms with van der Waals surface area (Å²) in [6, 6.07) is 10.4. The molecule has 0 spiro atoms. The van der Waals surface area contributed by atoms with Gasteiger partial charge in [0.05, 0.1) is 11.3 Å². The van der Waals surface area contributed by atoms with Crippen molar-refractivity contribution < 1.29 is 9.53 Å². The lowest BCUT2D eigenvalue weighted by Crippen LogP contribution is -2.26. The molecule has 2 aromatic heterocycles. The van der Waals surface area contributed by atoms with E-state index in [-0.39, 0.29) is 16.4 Å². The molecule has 1 aliphatic heterocycles. The Kier molecular flexibility index (Phi) is 6.03. The van der Waals surface area contributed by atoms with Gasteiger partial charge in [-0.3, -0.25) is 4.79 Å². The summed E-state index contributed by atoms with van der Waals surface area (Å²) < 4.78 is 5.79. The summed E-state index contributed by atoms with van der Waals surface area (Å²) in [4.78, 5) is 28.8. The fourth-order valence-electron chi connectivity index (χ4n) is 4.12. The van der Waals surface area contributed by atoms with Crippen LogP contribution in [0.1, 0.15) is 42.1 Å². The fourth-order valence-corrected chi connectivity index (χ4v) is 4.82. The highest BCUT2D eigenvalue weighted by Crippen LogP contribution is 2.43. The summed E-state index contributed by atoms with van der Waals surface area (Å²) in [6.45, 7) is 5.77. The van der Waals surface area contributed by atoms with Crippen LogP contribution < -0.4 is 15.0 Å². The lowest BCUT2D eigenvalue weighted by Gasteiger charge is -2.25. The van der Waals surface area contributed by atoms with Crippen LogP contribution in [-0.2, 0) is 0 Å². The highest BCUT2D eigenvalue weighted by atomic mass is 31.1. The lowest BCUT2D eigenvalue weighted by molar-refractivity contribution is 0.102. The Morgan fingerprint density at radius 1 is 1.06 bits per heavy atom. The van der Waals surface area contributed by atoms with Crippen molar-refractivity contribution in [2.24, 2.45) is 0 Å². The Bertz CT molecular complexity index is 1230. The maximum atomic E-state index is 13.3. The monoisotopic (exact) mass is 493 g/mol. The van der Waals surface area contributed by atoms with E-state index in [2.05, 4.69) is 57.7 Å². The molecule has 34 heavy (non-hydrogen) atoms. The minimum absolute atomic E-state index is 0.0312. The number of benzene rings is 1. The van der Waals surface area contributed by atoms with Gasteiger partial charge in [0.25, 0.3) is 5.91 Å². The van der Waals surface area contributed by atoms with Crippen LogP contribution in [0.2, 0.25) is 0 Å². The van der Waals surface area contributed by atoms with E-state index in [1.807, 2.05) is 31.3 Å². The van der Waals surface area contributed by atoms with Gasteiger partial charge < -0.3 is 15.0 Å². The molecule has 2 fully saturated rings. The maximum absolute atomic E-state index is 13.3. The number of anilines is 2. The van der Waals surface area contributed by atoms with Crippen molar-refractivity contribution in [3.63, 3.8) is 0 Å². The van der Waals surface area contributed by atoms with E-state index < -0.39 is 0 Å². The van der Waals surface area contributed by atoms with E-state index in [1.165, 1.54) is 12.4 Å². The van der Waals surface area contributed by atoms with Gasteiger partial charge in [0.15, 0.2) is 5.82 Å². The van der Waals surface area contributed by atoms with Gasteiger partial charge in [-0.25, -0.2) is 15.0 Å². The van der Waals surface area contributed by atoms with Gasteiger partial charge in [0.2, 0.25) is 0 Å². The number of rotatable bonds is 6. The van der Waals surface area contributed by atoms with Gasteiger partial charge in [0.1, 0.15) is 5.60 Å². The molecule has 1 aliphatic carbocycles. The number of pyridine rings is 1. The zero-order chi connectivity index (χ0) is 23.9. The van der Waals surface area contributed by atoms with E-state index in [9.17, 15) is 4.79 Å². The van der Waals surface area contributed by atoms with Crippen LogP contribution in [0.4, 0.5) is 11.5 Å². The minimum atomic E-state index is -0.282. The Balaban J connectivity index is 1.48. The number of aryl methyl sites for hydroxylation is 1. The molecule has 3 heterocycles. The van der Waals surface area contributed by atoms with Gasteiger partial charge in [-0.1, -0.05) is 24.3 Å². The average molecular weight is 493 g/mol. The number of nitrogens with one attached hydrogen (secondary N) is 1. The molecular weight excluding hydrogens is 464 g/mol. The smallest absolute Gasteiger partial charge is 0.316 e. The van der Waals surface area contributed by atoms with Crippen molar-refractivity contribution in [1.82, 2.24) is 15.0 Å². The highest BCUT2D eigenvalue weighted by Gasteiger charge is 2.41. The van der Waals surface area contributed by atoms with Crippen LogP contribution in [-0.4, -0.2) is 44.4 Å². The first-order valence-corrected chi connectivity index (χ1v) is 12.6. The van der Waals surface area contributed by atoms with Gasteiger partial charge in [-0.2, -0.15) is 0 Å². The van der Waals surface area contributed by atoms with E-state index in [1.54, 1.807) is 0 Å². The number of carbonyl (C=O) groups excluding carboxylic acids is 1. The van der Waals surface area contributed by atoms with Crippen molar-refractivity contribution in [2.45, 2.75) is 43.6 Å². The summed E-state index contributed by atoms with van der Waals surface area (Å²) in [6.07, 6.45) is 7.83. The number of ether oxygens (including phenoxy) is 1. The molecule has 9 heteroatoms. The predicted molar refractivity (Wildman–Crippen MR) is 142 cm³/mol. The van der Waals surface area contributed by atoms with Crippen molar-refractivity contribution in [3.8, 4) is 17.1 Å². The molecule has 1 aromatic carbocycles. The molecule has 2 aliphatic rings. The molecule has 3 aromatic rings. The Morgan fingerprint density at radius 2 is 1.79 bits per heavy atom. The van der Waals surface area contributed by atoms with Crippen molar-refractivity contribution in [2.75, 3.05) is 23.3 Å². The normalized spacial score (nSPS) is 17.9. The SMILES string of the molecule is Cc1ccccc1-c1ccnc(N2CCC(P)(P)C2)c1NC(=O)c1cnc(OC2(C)CC2)nc1.